The van der Waals surface area contributed by atoms with E-state index in [1.165, 1.54) is 0 Å². The first-order chi connectivity index (χ1) is 8.73. The minimum Gasteiger partial charge on any atom is -0.393 e. The lowest BCUT2D eigenvalue weighted by molar-refractivity contribution is -0.0881. The van der Waals surface area contributed by atoms with Crippen molar-refractivity contribution in [1.29, 1.82) is 0 Å². The van der Waals surface area contributed by atoms with Gasteiger partial charge >= 0.3 is 0 Å². The molecule has 3 atom stereocenters. The number of nitrogens with one attached hydrogen (secondary N) is 1. The molecule has 0 spiro atoms. The summed E-state index contributed by atoms with van der Waals surface area (Å²) in [6.45, 7) is 1.83. The smallest absolute Gasteiger partial charge is 0.120 e. The quantitative estimate of drug-likeness (QED) is 0.838. The summed E-state index contributed by atoms with van der Waals surface area (Å²) in [6.07, 6.45) is 7.14. The zero-order valence-corrected chi connectivity index (χ0v) is 10.8. The second kappa shape index (κ2) is 4.64. The van der Waals surface area contributed by atoms with E-state index >= 15 is 0 Å². The molecular formula is C13H21N3O2. The summed E-state index contributed by atoms with van der Waals surface area (Å²) in [5.74, 6) is 0.988. The lowest BCUT2D eigenvalue weighted by Crippen LogP contribution is -2.51. The molecule has 2 heterocycles. The number of likely N-dealkylation sites (tertiary alicyclic amines) is 1. The third kappa shape index (κ3) is 1.96. The predicted octanol–water partition coefficient (Wildman–Crippen LogP) is 0.914. The van der Waals surface area contributed by atoms with Crippen molar-refractivity contribution in [2.75, 3.05) is 13.7 Å². The van der Waals surface area contributed by atoms with Gasteiger partial charge in [-0.15, -0.1) is 0 Å². The number of aromatic amines is 1. The van der Waals surface area contributed by atoms with E-state index in [2.05, 4.69) is 14.9 Å². The minimum atomic E-state index is -0.185. The van der Waals surface area contributed by atoms with Gasteiger partial charge in [-0.3, -0.25) is 4.90 Å². The molecule has 0 bridgehead atoms. The summed E-state index contributed by atoms with van der Waals surface area (Å²) in [7, 11) is 1.81. The first-order valence-corrected chi connectivity index (χ1v) is 6.69. The molecule has 18 heavy (non-hydrogen) atoms. The topological polar surface area (TPSA) is 61.4 Å². The average molecular weight is 251 g/mol. The van der Waals surface area contributed by atoms with Crippen LogP contribution in [-0.4, -0.2) is 51.4 Å². The van der Waals surface area contributed by atoms with Gasteiger partial charge in [0.05, 0.1) is 18.2 Å². The zero-order chi connectivity index (χ0) is 12.6. The highest BCUT2D eigenvalue weighted by Gasteiger charge is 2.50. The Kier molecular flexibility index (Phi) is 3.13. The van der Waals surface area contributed by atoms with Gasteiger partial charge in [0.1, 0.15) is 5.82 Å². The summed E-state index contributed by atoms with van der Waals surface area (Å²) in [5.41, 5.74) is -0.0498. The predicted molar refractivity (Wildman–Crippen MR) is 67.0 cm³/mol. The molecule has 5 heteroatoms. The minimum absolute atomic E-state index is 0.0498. The fraction of sp³-hybridized carbons (Fsp3) is 0.769. The molecule has 1 saturated carbocycles. The van der Waals surface area contributed by atoms with Gasteiger partial charge in [0, 0.05) is 32.1 Å². The summed E-state index contributed by atoms with van der Waals surface area (Å²) >= 11 is 0. The number of rotatable bonds is 3. The summed E-state index contributed by atoms with van der Waals surface area (Å²) in [5, 5.41) is 9.90. The number of aliphatic hydroxyl groups excluding tert-OH is 1. The Balaban J connectivity index is 1.76. The van der Waals surface area contributed by atoms with Crippen LogP contribution in [0, 0.1) is 0 Å². The van der Waals surface area contributed by atoms with Gasteiger partial charge in [-0.25, -0.2) is 4.98 Å². The molecule has 0 aromatic carbocycles. The van der Waals surface area contributed by atoms with Crippen molar-refractivity contribution in [2.45, 2.75) is 50.0 Å². The zero-order valence-electron chi connectivity index (χ0n) is 10.8. The van der Waals surface area contributed by atoms with Crippen molar-refractivity contribution in [2.24, 2.45) is 0 Å². The summed E-state index contributed by atoms with van der Waals surface area (Å²) in [6, 6.07) is 0.316. The van der Waals surface area contributed by atoms with E-state index in [4.69, 9.17) is 4.74 Å². The first kappa shape index (κ1) is 12.1. The Labute approximate surface area is 107 Å². The van der Waals surface area contributed by atoms with Gasteiger partial charge in [-0.05, 0) is 25.7 Å². The fourth-order valence-electron chi connectivity index (χ4n) is 3.54. The van der Waals surface area contributed by atoms with E-state index in [0.29, 0.717) is 6.04 Å². The van der Waals surface area contributed by atoms with Gasteiger partial charge in [0.2, 0.25) is 0 Å². The van der Waals surface area contributed by atoms with Gasteiger partial charge in [-0.2, -0.15) is 0 Å². The number of aliphatic hydroxyl groups is 1. The Morgan fingerprint density at radius 2 is 2.50 bits per heavy atom. The number of hydrogen-bond donors (Lipinski definition) is 2. The maximum absolute atomic E-state index is 9.90. The third-order valence-corrected chi connectivity index (χ3v) is 4.58. The SMILES string of the molecule is CO[C@@]12CC[C@H](O)C[C@@H]1N(Cc1ncc[nH]1)CC2. The standard InChI is InChI=1S/C13H21N3O2/c1-18-13-3-2-10(17)8-11(13)16(7-4-13)9-12-14-5-6-15-12/h5-6,10-11,17H,2-4,7-9H2,1H3,(H,14,15)/t10-,11-,13+/m0/s1. The van der Waals surface area contributed by atoms with Crippen molar-refractivity contribution >= 4 is 0 Å². The van der Waals surface area contributed by atoms with E-state index < -0.39 is 0 Å². The van der Waals surface area contributed by atoms with Crippen molar-refractivity contribution in [3.05, 3.63) is 18.2 Å². The summed E-state index contributed by atoms with van der Waals surface area (Å²) < 4.78 is 5.82. The van der Waals surface area contributed by atoms with Crippen LogP contribution in [0.5, 0.6) is 0 Å². The normalized spacial score (nSPS) is 36.8. The molecule has 1 saturated heterocycles. The van der Waals surface area contributed by atoms with Crippen LogP contribution in [0.4, 0.5) is 0 Å². The molecule has 1 aliphatic carbocycles. The number of nitrogens with zero attached hydrogens (tertiary/aromatic N) is 2. The number of aromatic nitrogens is 2. The van der Waals surface area contributed by atoms with E-state index in [1.54, 1.807) is 13.3 Å². The van der Waals surface area contributed by atoms with E-state index in [0.717, 1.165) is 44.6 Å². The molecule has 0 radical (unpaired) electrons. The second-order valence-electron chi connectivity index (χ2n) is 5.47. The van der Waals surface area contributed by atoms with Crippen LogP contribution in [0.15, 0.2) is 12.4 Å². The largest absolute Gasteiger partial charge is 0.393 e. The summed E-state index contributed by atoms with van der Waals surface area (Å²) in [4.78, 5) is 9.82. The fourth-order valence-corrected chi connectivity index (χ4v) is 3.54. The van der Waals surface area contributed by atoms with Crippen molar-refractivity contribution in [3.63, 3.8) is 0 Å². The Hall–Kier alpha value is -0.910. The molecule has 100 valence electrons. The maximum Gasteiger partial charge on any atom is 0.120 e. The van der Waals surface area contributed by atoms with Crippen LogP contribution in [0.25, 0.3) is 0 Å². The molecule has 3 rings (SSSR count). The number of fused-ring (bicyclic) bond motifs is 1. The lowest BCUT2D eigenvalue weighted by atomic mass is 9.79. The molecule has 5 nitrogen and oxygen atoms in total. The van der Waals surface area contributed by atoms with Crippen LogP contribution in [0.3, 0.4) is 0 Å². The average Bonchev–Trinajstić information content (AvgIpc) is 3.00. The monoisotopic (exact) mass is 251 g/mol. The molecule has 0 unspecified atom stereocenters. The highest BCUT2D eigenvalue weighted by molar-refractivity contribution is 5.06. The Morgan fingerprint density at radius 1 is 1.61 bits per heavy atom. The molecule has 1 aliphatic heterocycles. The van der Waals surface area contributed by atoms with Gasteiger partial charge in [0.25, 0.3) is 0 Å². The molecular weight excluding hydrogens is 230 g/mol. The van der Waals surface area contributed by atoms with Gasteiger partial charge in [-0.1, -0.05) is 0 Å². The maximum atomic E-state index is 9.90. The van der Waals surface area contributed by atoms with Crippen LogP contribution in [0.1, 0.15) is 31.5 Å². The number of imidazole rings is 1. The van der Waals surface area contributed by atoms with Crippen molar-refractivity contribution in [3.8, 4) is 0 Å². The molecule has 2 N–H and O–H groups in total. The first-order valence-electron chi connectivity index (χ1n) is 6.69. The highest BCUT2D eigenvalue weighted by atomic mass is 16.5. The Bertz CT molecular complexity index is 395. The number of hydrogen-bond acceptors (Lipinski definition) is 4. The number of ether oxygens (including phenoxy) is 1. The van der Waals surface area contributed by atoms with Crippen LogP contribution in [0.2, 0.25) is 0 Å². The molecule has 2 aliphatic rings. The Morgan fingerprint density at radius 3 is 3.22 bits per heavy atom. The van der Waals surface area contributed by atoms with E-state index in [9.17, 15) is 5.11 Å². The van der Waals surface area contributed by atoms with Crippen LogP contribution in [-0.2, 0) is 11.3 Å². The van der Waals surface area contributed by atoms with Crippen molar-refractivity contribution < 1.29 is 9.84 Å². The van der Waals surface area contributed by atoms with Crippen LogP contribution >= 0.6 is 0 Å². The molecule has 1 aromatic rings. The van der Waals surface area contributed by atoms with Gasteiger partial charge in [0.15, 0.2) is 0 Å². The van der Waals surface area contributed by atoms with Gasteiger partial charge < -0.3 is 14.8 Å². The highest BCUT2D eigenvalue weighted by Crippen LogP contribution is 2.42. The van der Waals surface area contributed by atoms with E-state index in [1.807, 2.05) is 6.20 Å². The number of H-pyrrole nitrogens is 1. The molecule has 1 aromatic heterocycles. The number of methoxy groups -OCH3 is 1. The van der Waals surface area contributed by atoms with E-state index in [-0.39, 0.29) is 11.7 Å². The molecule has 0 amide bonds. The molecule has 2 fully saturated rings. The second-order valence-corrected chi connectivity index (χ2v) is 5.47. The van der Waals surface area contributed by atoms with Crippen LogP contribution < -0.4 is 0 Å². The lowest BCUT2D eigenvalue weighted by Gasteiger charge is -2.42. The van der Waals surface area contributed by atoms with Crippen molar-refractivity contribution in [1.82, 2.24) is 14.9 Å². The third-order valence-electron chi connectivity index (χ3n) is 4.58.